The molecule has 0 bridgehead atoms. The molecule has 0 spiro atoms. The van der Waals surface area contributed by atoms with E-state index in [0.29, 0.717) is 0 Å². The van der Waals surface area contributed by atoms with Crippen LogP contribution in [0, 0.1) is 0 Å². The fourth-order valence-corrected chi connectivity index (χ4v) is 3.65. The summed E-state index contributed by atoms with van der Waals surface area (Å²) >= 11 is 1.92. The third-order valence-corrected chi connectivity index (χ3v) is 4.73. The molecule has 0 atom stereocenters. The first kappa shape index (κ1) is 14.4. The van der Waals surface area contributed by atoms with Crippen molar-refractivity contribution < 1.29 is 0 Å². The summed E-state index contributed by atoms with van der Waals surface area (Å²) in [6.45, 7) is 5.32. The van der Waals surface area contributed by atoms with Gasteiger partial charge in [-0.1, -0.05) is 38.1 Å². The number of nitrogens with zero attached hydrogens (tertiary/aromatic N) is 2. The van der Waals surface area contributed by atoms with Gasteiger partial charge in [-0.3, -0.25) is 0 Å². The highest BCUT2D eigenvalue weighted by molar-refractivity contribution is 7.98. The average Bonchev–Trinajstić information content (AvgIpc) is 3.01. The molecule has 0 amide bonds. The van der Waals surface area contributed by atoms with E-state index in [1.807, 2.05) is 11.8 Å². The molecule has 0 saturated heterocycles. The van der Waals surface area contributed by atoms with Crippen LogP contribution in [-0.2, 0) is 17.9 Å². The van der Waals surface area contributed by atoms with Crippen LogP contribution in [0.4, 0.5) is 5.82 Å². The molecule has 2 heterocycles. The van der Waals surface area contributed by atoms with E-state index in [0.717, 1.165) is 42.5 Å². The first-order valence-electron chi connectivity index (χ1n) is 7.63. The Kier molecular flexibility index (Phi) is 4.44. The summed E-state index contributed by atoms with van der Waals surface area (Å²) in [6, 6.07) is 8.45. The Morgan fingerprint density at radius 2 is 2.00 bits per heavy atom. The predicted molar refractivity (Wildman–Crippen MR) is 90.6 cm³/mol. The molecule has 1 N–H and O–H groups in total. The maximum absolute atomic E-state index is 4.83. The van der Waals surface area contributed by atoms with E-state index < -0.39 is 0 Å². The number of benzene rings is 1. The van der Waals surface area contributed by atoms with Crippen molar-refractivity contribution in [1.29, 1.82) is 0 Å². The SMILES string of the molecule is CCCNc1nc(-c2ccccc2CC)nc2c1CSC2. The van der Waals surface area contributed by atoms with E-state index >= 15 is 0 Å². The molecule has 1 aromatic heterocycles. The number of anilines is 1. The normalized spacial score (nSPS) is 13.2. The summed E-state index contributed by atoms with van der Waals surface area (Å²) in [5.74, 6) is 3.93. The van der Waals surface area contributed by atoms with Crippen molar-refractivity contribution >= 4 is 17.6 Å². The van der Waals surface area contributed by atoms with Crippen LogP contribution in [0.25, 0.3) is 11.4 Å². The Morgan fingerprint density at radius 1 is 1.14 bits per heavy atom. The highest BCUT2D eigenvalue weighted by Crippen LogP contribution is 2.35. The van der Waals surface area contributed by atoms with Gasteiger partial charge in [0.25, 0.3) is 0 Å². The van der Waals surface area contributed by atoms with Gasteiger partial charge >= 0.3 is 0 Å². The summed E-state index contributed by atoms with van der Waals surface area (Å²) < 4.78 is 0. The molecule has 0 unspecified atom stereocenters. The van der Waals surface area contributed by atoms with E-state index in [4.69, 9.17) is 9.97 Å². The van der Waals surface area contributed by atoms with Gasteiger partial charge in [-0.2, -0.15) is 11.8 Å². The maximum atomic E-state index is 4.83. The Morgan fingerprint density at radius 3 is 2.81 bits per heavy atom. The van der Waals surface area contributed by atoms with Gasteiger partial charge in [0.1, 0.15) is 5.82 Å². The summed E-state index contributed by atoms with van der Waals surface area (Å²) in [5, 5.41) is 3.48. The number of aryl methyl sites for hydroxylation is 1. The van der Waals surface area contributed by atoms with Crippen LogP contribution in [0.3, 0.4) is 0 Å². The second-order valence-electron chi connectivity index (χ2n) is 5.25. The number of nitrogens with one attached hydrogen (secondary N) is 1. The van der Waals surface area contributed by atoms with Crippen molar-refractivity contribution in [3.8, 4) is 11.4 Å². The zero-order valence-corrected chi connectivity index (χ0v) is 13.5. The summed E-state index contributed by atoms with van der Waals surface area (Å²) in [6.07, 6.45) is 2.11. The molecular weight excluding hydrogens is 278 g/mol. The lowest BCUT2D eigenvalue weighted by molar-refractivity contribution is 0.954. The Bertz CT molecular complexity index is 640. The molecule has 110 valence electrons. The Balaban J connectivity index is 2.07. The van der Waals surface area contributed by atoms with Gasteiger partial charge in [0, 0.05) is 29.2 Å². The van der Waals surface area contributed by atoms with Gasteiger partial charge in [0.15, 0.2) is 5.82 Å². The molecule has 1 aromatic carbocycles. The molecule has 1 aliphatic rings. The van der Waals surface area contributed by atoms with Crippen molar-refractivity contribution in [3.63, 3.8) is 0 Å². The largest absolute Gasteiger partial charge is 0.370 e. The van der Waals surface area contributed by atoms with Gasteiger partial charge < -0.3 is 5.32 Å². The Labute approximate surface area is 130 Å². The highest BCUT2D eigenvalue weighted by atomic mass is 32.2. The highest BCUT2D eigenvalue weighted by Gasteiger charge is 2.20. The van der Waals surface area contributed by atoms with Crippen LogP contribution < -0.4 is 5.32 Å². The van der Waals surface area contributed by atoms with E-state index in [-0.39, 0.29) is 0 Å². The number of thioether (sulfide) groups is 1. The maximum Gasteiger partial charge on any atom is 0.162 e. The predicted octanol–water partition coefficient (Wildman–Crippen LogP) is 4.27. The van der Waals surface area contributed by atoms with Crippen LogP contribution in [0.2, 0.25) is 0 Å². The first-order valence-corrected chi connectivity index (χ1v) is 8.78. The lowest BCUT2D eigenvalue weighted by Gasteiger charge is -2.13. The van der Waals surface area contributed by atoms with Crippen LogP contribution in [0.15, 0.2) is 24.3 Å². The third kappa shape index (κ3) is 2.91. The number of rotatable bonds is 5. The Hall–Kier alpha value is -1.55. The van der Waals surface area contributed by atoms with Gasteiger partial charge in [0.2, 0.25) is 0 Å². The van der Waals surface area contributed by atoms with Crippen LogP contribution in [0.5, 0.6) is 0 Å². The minimum atomic E-state index is 0.868. The summed E-state index contributed by atoms with van der Waals surface area (Å²) in [7, 11) is 0. The number of hydrogen-bond acceptors (Lipinski definition) is 4. The molecule has 3 rings (SSSR count). The van der Waals surface area contributed by atoms with E-state index in [1.54, 1.807) is 0 Å². The van der Waals surface area contributed by atoms with E-state index in [1.165, 1.54) is 22.4 Å². The molecule has 0 fully saturated rings. The molecule has 2 aromatic rings. The standard InChI is InChI=1S/C17H21N3S/c1-3-9-18-16-14-10-21-11-15(14)19-17(20-16)13-8-6-5-7-12(13)4-2/h5-8H,3-4,9-11H2,1-2H3,(H,18,19,20). The number of hydrogen-bond donors (Lipinski definition) is 1. The monoisotopic (exact) mass is 299 g/mol. The van der Waals surface area contributed by atoms with Crippen molar-refractivity contribution in [3.05, 3.63) is 41.1 Å². The molecule has 0 radical (unpaired) electrons. The van der Waals surface area contributed by atoms with Crippen molar-refractivity contribution in [2.24, 2.45) is 0 Å². The van der Waals surface area contributed by atoms with Crippen LogP contribution in [0.1, 0.15) is 37.1 Å². The molecule has 1 aliphatic heterocycles. The fraction of sp³-hybridized carbons (Fsp3) is 0.412. The van der Waals surface area contributed by atoms with Crippen molar-refractivity contribution in [1.82, 2.24) is 9.97 Å². The van der Waals surface area contributed by atoms with Crippen molar-refractivity contribution in [2.75, 3.05) is 11.9 Å². The van der Waals surface area contributed by atoms with Gasteiger partial charge in [-0.05, 0) is 18.4 Å². The van der Waals surface area contributed by atoms with Gasteiger partial charge in [-0.15, -0.1) is 0 Å². The smallest absolute Gasteiger partial charge is 0.162 e. The van der Waals surface area contributed by atoms with Crippen molar-refractivity contribution in [2.45, 2.75) is 38.2 Å². The number of aromatic nitrogens is 2. The zero-order valence-electron chi connectivity index (χ0n) is 12.6. The molecular formula is C17H21N3S. The summed E-state index contributed by atoms with van der Waals surface area (Å²) in [5.41, 5.74) is 4.98. The minimum absolute atomic E-state index is 0.868. The van der Waals surface area contributed by atoms with Gasteiger partial charge in [0.05, 0.1) is 5.69 Å². The lowest BCUT2D eigenvalue weighted by Crippen LogP contribution is -2.08. The molecule has 4 heteroatoms. The second kappa shape index (κ2) is 6.48. The molecule has 0 aliphatic carbocycles. The topological polar surface area (TPSA) is 37.8 Å². The van der Waals surface area contributed by atoms with E-state index in [2.05, 4.69) is 43.4 Å². The van der Waals surface area contributed by atoms with E-state index in [9.17, 15) is 0 Å². The molecule has 0 saturated carbocycles. The molecule has 21 heavy (non-hydrogen) atoms. The zero-order chi connectivity index (χ0) is 14.7. The molecule has 3 nitrogen and oxygen atoms in total. The van der Waals surface area contributed by atoms with Crippen LogP contribution in [-0.4, -0.2) is 16.5 Å². The minimum Gasteiger partial charge on any atom is -0.370 e. The third-order valence-electron chi connectivity index (χ3n) is 3.76. The van der Waals surface area contributed by atoms with Gasteiger partial charge in [-0.25, -0.2) is 9.97 Å². The first-order chi connectivity index (χ1) is 10.3. The average molecular weight is 299 g/mol. The fourth-order valence-electron chi connectivity index (χ4n) is 2.61. The number of fused-ring (bicyclic) bond motifs is 1. The lowest BCUT2D eigenvalue weighted by atomic mass is 10.0. The quantitative estimate of drug-likeness (QED) is 0.894. The van der Waals surface area contributed by atoms with Crippen LogP contribution >= 0.6 is 11.8 Å². The summed E-state index contributed by atoms with van der Waals surface area (Å²) in [4.78, 5) is 9.65. The second-order valence-corrected chi connectivity index (χ2v) is 6.24.